The molecule has 0 aliphatic carbocycles. The topological polar surface area (TPSA) is 88.0 Å². The number of pyridine rings is 1. The number of carboxylic acid groups (broad SMARTS) is 1. The molecule has 0 atom stereocenters. The first-order valence-electron chi connectivity index (χ1n) is 9.94. The highest BCUT2D eigenvalue weighted by Crippen LogP contribution is 2.40. The summed E-state index contributed by atoms with van der Waals surface area (Å²) in [5.74, 6) is -0.573. The third-order valence-electron chi connectivity index (χ3n) is 4.97. The number of rotatable bonds is 5. The van der Waals surface area contributed by atoms with E-state index in [0.717, 1.165) is 12.0 Å². The van der Waals surface area contributed by atoms with Crippen LogP contribution in [0.1, 0.15) is 64.1 Å². The SMILES string of the molecule is CC(=O)N(c1c(-c2ccc(C(=O)O)o2)nc2c(C)cccn12)C(C)(C)CC(C)(C)C. The number of aryl methyl sites for hydroxylation is 1. The zero-order valence-corrected chi connectivity index (χ0v) is 18.6. The zero-order chi connectivity index (χ0) is 22.4. The predicted octanol–water partition coefficient (Wildman–Crippen LogP) is 5.17. The van der Waals surface area contributed by atoms with E-state index in [-0.39, 0.29) is 17.1 Å². The van der Waals surface area contributed by atoms with Gasteiger partial charge in [-0.25, -0.2) is 9.78 Å². The monoisotopic (exact) mass is 411 g/mol. The second-order valence-electron chi connectivity index (χ2n) is 9.54. The molecule has 0 bridgehead atoms. The maximum atomic E-state index is 13.0. The van der Waals surface area contributed by atoms with Gasteiger partial charge in [-0.1, -0.05) is 26.8 Å². The summed E-state index contributed by atoms with van der Waals surface area (Å²) in [5.41, 5.74) is 1.52. The molecule has 3 heterocycles. The van der Waals surface area contributed by atoms with Gasteiger partial charge in [-0.15, -0.1) is 0 Å². The first kappa shape index (κ1) is 21.6. The lowest BCUT2D eigenvalue weighted by Crippen LogP contribution is -2.50. The highest BCUT2D eigenvalue weighted by atomic mass is 16.4. The number of carbonyl (C=O) groups is 2. The van der Waals surface area contributed by atoms with Crippen LogP contribution in [-0.4, -0.2) is 31.9 Å². The number of fused-ring (bicyclic) bond motifs is 1. The van der Waals surface area contributed by atoms with Gasteiger partial charge >= 0.3 is 5.97 Å². The first-order chi connectivity index (χ1) is 13.8. The largest absolute Gasteiger partial charge is 0.475 e. The third-order valence-corrected chi connectivity index (χ3v) is 4.97. The molecule has 30 heavy (non-hydrogen) atoms. The van der Waals surface area contributed by atoms with Crippen LogP contribution in [0.25, 0.3) is 17.1 Å². The highest BCUT2D eigenvalue weighted by molar-refractivity contribution is 5.96. The van der Waals surface area contributed by atoms with Crippen LogP contribution < -0.4 is 4.90 Å². The lowest BCUT2D eigenvalue weighted by atomic mass is 9.80. The van der Waals surface area contributed by atoms with Gasteiger partial charge < -0.3 is 9.52 Å². The molecule has 3 rings (SSSR count). The summed E-state index contributed by atoms with van der Waals surface area (Å²) >= 11 is 0. The van der Waals surface area contributed by atoms with Crippen LogP contribution in [0.5, 0.6) is 0 Å². The minimum absolute atomic E-state index is 0.0189. The lowest BCUT2D eigenvalue weighted by Gasteiger charge is -2.41. The number of aromatic carboxylic acids is 1. The van der Waals surface area contributed by atoms with Gasteiger partial charge in [0.1, 0.15) is 11.3 Å². The Bertz CT molecular complexity index is 1120. The summed E-state index contributed by atoms with van der Waals surface area (Å²) in [5, 5.41) is 9.27. The normalized spacial score (nSPS) is 12.4. The van der Waals surface area contributed by atoms with Crippen LogP contribution in [-0.2, 0) is 4.79 Å². The second kappa shape index (κ2) is 7.31. The molecule has 0 unspecified atom stereocenters. The average molecular weight is 412 g/mol. The first-order valence-corrected chi connectivity index (χ1v) is 9.94. The van der Waals surface area contributed by atoms with Crippen LogP contribution in [0.2, 0.25) is 0 Å². The van der Waals surface area contributed by atoms with Crippen molar-refractivity contribution in [3.05, 3.63) is 41.8 Å². The van der Waals surface area contributed by atoms with Gasteiger partial charge in [0, 0.05) is 18.7 Å². The molecule has 7 heteroatoms. The van der Waals surface area contributed by atoms with Crippen molar-refractivity contribution in [2.45, 2.75) is 60.4 Å². The fourth-order valence-corrected chi connectivity index (χ4v) is 4.39. The van der Waals surface area contributed by atoms with Gasteiger partial charge in [0.05, 0.1) is 0 Å². The Hall–Kier alpha value is -3.09. The van der Waals surface area contributed by atoms with Gasteiger partial charge in [0.25, 0.3) is 0 Å². The van der Waals surface area contributed by atoms with Gasteiger partial charge in [0.15, 0.2) is 11.6 Å². The van der Waals surface area contributed by atoms with E-state index in [1.807, 2.05) is 43.5 Å². The minimum atomic E-state index is -1.15. The molecule has 3 aromatic rings. The quantitative estimate of drug-likeness (QED) is 0.626. The maximum Gasteiger partial charge on any atom is 0.371 e. The molecule has 1 N–H and O–H groups in total. The summed E-state index contributed by atoms with van der Waals surface area (Å²) in [4.78, 5) is 30.8. The van der Waals surface area contributed by atoms with Gasteiger partial charge in [-0.2, -0.15) is 0 Å². The molecular formula is C23H29N3O4. The molecule has 0 saturated heterocycles. The number of imidazole rings is 1. The summed E-state index contributed by atoms with van der Waals surface area (Å²) in [6.07, 6.45) is 2.61. The molecule has 1 amide bonds. The van der Waals surface area contributed by atoms with Crippen molar-refractivity contribution in [1.29, 1.82) is 0 Å². The number of nitrogens with zero attached hydrogens (tertiary/aromatic N) is 3. The van der Waals surface area contributed by atoms with Crippen molar-refractivity contribution in [2.75, 3.05) is 4.90 Å². The number of amides is 1. The third kappa shape index (κ3) is 3.97. The van der Waals surface area contributed by atoms with E-state index in [0.29, 0.717) is 22.9 Å². The Morgan fingerprint density at radius 2 is 1.83 bits per heavy atom. The molecule has 0 aliphatic heterocycles. The van der Waals surface area contributed by atoms with Crippen LogP contribution >= 0.6 is 0 Å². The lowest BCUT2D eigenvalue weighted by molar-refractivity contribution is -0.117. The molecule has 0 fully saturated rings. The number of carbonyl (C=O) groups excluding carboxylic acids is 1. The molecule has 0 saturated carbocycles. The highest BCUT2D eigenvalue weighted by Gasteiger charge is 2.38. The zero-order valence-electron chi connectivity index (χ0n) is 18.6. The summed E-state index contributed by atoms with van der Waals surface area (Å²) in [6, 6.07) is 6.83. The van der Waals surface area contributed by atoms with Crippen LogP contribution in [0.3, 0.4) is 0 Å². The standard InChI is InChI=1S/C23H29N3O4/c1-14-9-8-12-25-19(14)24-18(16-10-11-17(30-16)21(28)29)20(25)26(15(2)27)23(6,7)13-22(3,4)5/h8-12H,13H2,1-7H3,(H,28,29). The fraction of sp³-hybridized carbons (Fsp3) is 0.435. The maximum absolute atomic E-state index is 13.0. The number of hydrogen-bond donors (Lipinski definition) is 1. The van der Waals surface area contributed by atoms with Gasteiger partial charge in [0.2, 0.25) is 11.7 Å². The molecule has 0 radical (unpaired) electrons. The van der Waals surface area contributed by atoms with Crippen molar-refractivity contribution in [3.63, 3.8) is 0 Å². The summed E-state index contributed by atoms with van der Waals surface area (Å²) < 4.78 is 7.45. The van der Waals surface area contributed by atoms with E-state index in [9.17, 15) is 14.7 Å². The second-order valence-corrected chi connectivity index (χ2v) is 9.54. The van der Waals surface area contributed by atoms with Crippen molar-refractivity contribution in [3.8, 4) is 11.5 Å². The Balaban J connectivity index is 2.32. The van der Waals surface area contributed by atoms with Gasteiger partial charge in [-0.05, 0) is 56.4 Å². The Morgan fingerprint density at radius 3 is 2.37 bits per heavy atom. The average Bonchev–Trinajstić information content (AvgIpc) is 3.18. The van der Waals surface area contributed by atoms with Gasteiger partial charge in [-0.3, -0.25) is 14.1 Å². The van der Waals surface area contributed by atoms with Crippen LogP contribution in [0.4, 0.5) is 5.82 Å². The van der Waals surface area contributed by atoms with E-state index in [4.69, 9.17) is 9.40 Å². The molecule has 0 aromatic carbocycles. The number of furan rings is 1. The molecule has 160 valence electrons. The number of aromatic nitrogens is 2. The van der Waals surface area contributed by atoms with Crippen molar-refractivity contribution in [2.24, 2.45) is 5.41 Å². The minimum Gasteiger partial charge on any atom is -0.475 e. The fourth-order valence-electron chi connectivity index (χ4n) is 4.39. The summed E-state index contributed by atoms with van der Waals surface area (Å²) in [7, 11) is 0. The molecule has 3 aromatic heterocycles. The van der Waals surface area contributed by atoms with E-state index in [2.05, 4.69) is 20.8 Å². The van der Waals surface area contributed by atoms with E-state index < -0.39 is 11.5 Å². The Morgan fingerprint density at radius 1 is 1.17 bits per heavy atom. The van der Waals surface area contributed by atoms with Crippen molar-refractivity contribution < 1.29 is 19.1 Å². The molecule has 0 spiro atoms. The number of hydrogen-bond acceptors (Lipinski definition) is 4. The van der Waals surface area contributed by atoms with Crippen LogP contribution in [0, 0.1) is 12.3 Å². The van der Waals surface area contributed by atoms with E-state index in [1.165, 1.54) is 13.0 Å². The number of anilines is 1. The number of carboxylic acids is 1. The molecule has 0 aliphatic rings. The van der Waals surface area contributed by atoms with E-state index >= 15 is 0 Å². The summed E-state index contributed by atoms with van der Waals surface area (Å²) in [6.45, 7) is 14.0. The Kier molecular flexibility index (Phi) is 5.26. The van der Waals surface area contributed by atoms with Crippen LogP contribution in [0.15, 0.2) is 34.9 Å². The predicted molar refractivity (Wildman–Crippen MR) is 116 cm³/mol. The van der Waals surface area contributed by atoms with Crippen molar-refractivity contribution in [1.82, 2.24) is 9.38 Å². The Labute approximate surface area is 176 Å². The van der Waals surface area contributed by atoms with E-state index in [1.54, 1.807) is 11.0 Å². The van der Waals surface area contributed by atoms with Crippen molar-refractivity contribution >= 4 is 23.3 Å². The smallest absolute Gasteiger partial charge is 0.371 e. The molecular weight excluding hydrogens is 382 g/mol. The molecule has 7 nitrogen and oxygen atoms in total.